The van der Waals surface area contributed by atoms with E-state index >= 15 is 0 Å². The number of esters is 1. The minimum Gasteiger partial charge on any atom is -0.452 e. The first-order chi connectivity index (χ1) is 16.0. The zero-order valence-corrected chi connectivity index (χ0v) is 18.2. The molecule has 0 unspecified atom stereocenters. The van der Waals surface area contributed by atoms with E-state index in [0.29, 0.717) is 42.9 Å². The second kappa shape index (κ2) is 8.35. The van der Waals surface area contributed by atoms with Gasteiger partial charge < -0.3 is 15.0 Å². The summed E-state index contributed by atoms with van der Waals surface area (Å²) >= 11 is 0. The number of rotatable bonds is 4. The average molecular weight is 447 g/mol. The van der Waals surface area contributed by atoms with E-state index in [-0.39, 0.29) is 17.4 Å². The highest BCUT2D eigenvalue weighted by Gasteiger charge is 2.52. The van der Waals surface area contributed by atoms with Gasteiger partial charge in [-0.2, -0.15) is 0 Å². The summed E-state index contributed by atoms with van der Waals surface area (Å²) in [5.74, 6) is -1.24. The van der Waals surface area contributed by atoms with Crippen LogP contribution in [0.4, 0.5) is 17.1 Å². The van der Waals surface area contributed by atoms with Crippen LogP contribution in [0.3, 0.4) is 0 Å². The van der Waals surface area contributed by atoms with Crippen LogP contribution in [0, 0.1) is 0 Å². The molecule has 0 atom stereocenters. The van der Waals surface area contributed by atoms with Crippen LogP contribution >= 0.6 is 0 Å². The van der Waals surface area contributed by atoms with Gasteiger partial charge in [-0.15, -0.1) is 0 Å². The molecule has 8 nitrogen and oxygen atoms in total. The number of benzene rings is 2. The molecule has 8 heteroatoms. The van der Waals surface area contributed by atoms with Crippen LogP contribution in [0.1, 0.15) is 48.9 Å². The van der Waals surface area contributed by atoms with Gasteiger partial charge in [-0.25, -0.2) is 4.79 Å². The molecule has 2 heterocycles. The molecule has 0 aromatic heterocycles. The summed E-state index contributed by atoms with van der Waals surface area (Å²) in [7, 11) is 0. The maximum Gasteiger partial charge on any atom is 0.338 e. The van der Waals surface area contributed by atoms with Gasteiger partial charge in [-0.3, -0.25) is 19.3 Å². The number of carbonyl (C=O) groups excluding carboxylic acids is 4. The van der Waals surface area contributed by atoms with E-state index in [0.717, 1.165) is 19.3 Å². The molecule has 170 valence electrons. The SMILES string of the molecule is O=C(OCC(=O)N1c2ccccc2NC(=O)C12CCCC2)c1cccc(N2CCCC2=O)c1. The van der Waals surface area contributed by atoms with Crippen LogP contribution in [0.25, 0.3) is 0 Å². The third kappa shape index (κ3) is 3.65. The molecule has 1 saturated heterocycles. The molecule has 1 aliphatic carbocycles. The molecule has 1 saturated carbocycles. The zero-order valence-electron chi connectivity index (χ0n) is 18.2. The summed E-state index contributed by atoms with van der Waals surface area (Å²) in [5, 5.41) is 2.93. The van der Waals surface area contributed by atoms with Crippen LogP contribution in [0.5, 0.6) is 0 Å². The molecule has 33 heavy (non-hydrogen) atoms. The Hall–Kier alpha value is -3.68. The summed E-state index contributed by atoms with van der Waals surface area (Å²) in [6, 6.07) is 13.8. The monoisotopic (exact) mass is 447 g/mol. The van der Waals surface area contributed by atoms with Gasteiger partial charge >= 0.3 is 5.97 Å². The van der Waals surface area contributed by atoms with Crippen LogP contribution in [0.15, 0.2) is 48.5 Å². The van der Waals surface area contributed by atoms with Crippen molar-refractivity contribution >= 4 is 40.8 Å². The quantitative estimate of drug-likeness (QED) is 0.726. The lowest BCUT2D eigenvalue weighted by molar-refractivity contribution is -0.129. The molecule has 2 aromatic rings. The number of para-hydroxylation sites is 2. The fraction of sp³-hybridized carbons (Fsp3) is 0.360. The molecular formula is C25H25N3O5. The molecule has 1 N–H and O–H groups in total. The average Bonchev–Trinajstić information content (AvgIpc) is 3.48. The van der Waals surface area contributed by atoms with Crippen molar-refractivity contribution in [1.82, 2.24) is 0 Å². The van der Waals surface area contributed by atoms with Crippen molar-refractivity contribution in [1.29, 1.82) is 0 Å². The number of ether oxygens (including phenoxy) is 1. The Morgan fingerprint density at radius 1 is 1.00 bits per heavy atom. The van der Waals surface area contributed by atoms with E-state index < -0.39 is 24.0 Å². The predicted octanol–water partition coefficient (Wildman–Crippen LogP) is 3.27. The van der Waals surface area contributed by atoms with Gasteiger partial charge in [-0.1, -0.05) is 31.0 Å². The minimum absolute atomic E-state index is 0.0274. The van der Waals surface area contributed by atoms with Gasteiger partial charge in [0.25, 0.3) is 11.8 Å². The second-order valence-electron chi connectivity index (χ2n) is 8.71. The number of hydrogen-bond acceptors (Lipinski definition) is 5. The molecular weight excluding hydrogens is 422 g/mol. The van der Waals surface area contributed by atoms with Crippen molar-refractivity contribution in [3.63, 3.8) is 0 Å². The van der Waals surface area contributed by atoms with Crippen LogP contribution in [0.2, 0.25) is 0 Å². The maximum absolute atomic E-state index is 13.3. The topological polar surface area (TPSA) is 96.0 Å². The lowest BCUT2D eigenvalue weighted by Crippen LogP contribution is -2.61. The molecule has 2 fully saturated rings. The van der Waals surface area contributed by atoms with Gasteiger partial charge in [0.1, 0.15) is 5.54 Å². The lowest BCUT2D eigenvalue weighted by atomic mass is 9.90. The van der Waals surface area contributed by atoms with E-state index in [9.17, 15) is 19.2 Å². The van der Waals surface area contributed by atoms with Crippen molar-refractivity contribution in [3.8, 4) is 0 Å². The number of nitrogens with zero attached hydrogens (tertiary/aromatic N) is 2. The molecule has 2 aromatic carbocycles. The van der Waals surface area contributed by atoms with Gasteiger partial charge in [-0.05, 0) is 49.6 Å². The first kappa shape index (κ1) is 21.2. The van der Waals surface area contributed by atoms with Gasteiger partial charge in [0.15, 0.2) is 6.61 Å². The van der Waals surface area contributed by atoms with Gasteiger partial charge in [0.2, 0.25) is 5.91 Å². The van der Waals surface area contributed by atoms with E-state index in [1.54, 1.807) is 47.4 Å². The highest BCUT2D eigenvalue weighted by Crippen LogP contribution is 2.45. The number of amides is 3. The molecule has 2 aliphatic heterocycles. The fourth-order valence-corrected chi connectivity index (χ4v) is 5.13. The van der Waals surface area contributed by atoms with E-state index in [2.05, 4.69) is 5.32 Å². The largest absolute Gasteiger partial charge is 0.452 e. The summed E-state index contributed by atoms with van der Waals surface area (Å²) in [4.78, 5) is 54.3. The Bertz CT molecular complexity index is 1140. The number of nitrogens with one attached hydrogen (secondary N) is 1. The lowest BCUT2D eigenvalue weighted by Gasteiger charge is -2.44. The summed E-state index contributed by atoms with van der Waals surface area (Å²) in [6.07, 6.45) is 4.12. The summed E-state index contributed by atoms with van der Waals surface area (Å²) < 4.78 is 5.38. The van der Waals surface area contributed by atoms with Crippen LogP contribution in [-0.2, 0) is 19.1 Å². The molecule has 3 aliphatic rings. The van der Waals surface area contributed by atoms with Crippen molar-refractivity contribution in [2.75, 3.05) is 28.3 Å². The van der Waals surface area contributed by atoms with E-state index in [4.69, 9.17) is 4.74 Å². The number of carbonyl (C=O) groups is 4. The zero-order chi connectivity index (χ0) is 23.0. The molecule has 0 radical (unpaired) electrons. The standard InChI is InChI=1S/C25H25N3O5/c29-21-11-6-14-27(21)18-8-5-7-17(15-18)23(31)33-16-22(30)28-20-10-2-1-9-19(20)26-24(32)25(28)12-3-4-13-25/h1-2,5,7-10,15H,3-4,6,11-14,16H2,(H,26,32). The Morgan fingerprint density at radius 3 is 2.55 bits per heavy atom. The first-order valence-electron chi connectivity index (χ1n) is 11.3. The predicted molar refractivity (Wildman–Crippen MR) is 122 cm³/mol. The number of fused-ring (bicyclic) bond motifs is 1. The Balaban J connectivity index is 1.35. The van der Waals surface area contributed by atoms with E-state index in [1.165, 1.54) is 4.90 Å². The second-order valence-corrected chi connectivity index (χ2v) is 8.71. The highest BCUT2D eigenvalue weighted by atomic mass is 16.5. The Morgan fingerprint density at radius 2 is 1.79 bits per heavy atom. The first-order valence-corrected chi connectivity index (χ1v) is 11.3. The van der Waals surface area contributed by atoms with Crippen molar-refractivity contribution in [2.24, 2.45) is 0 Å². The Kier molecular flexibility index (Phi) is 5.36. The van der Waals surface area contributed by atoms with Crippen molar-refractivity contribution in [2.45, 2.75) is 44.1 Å². The van der Waals surface area contributed by atoms with Gasteiger partial charge in [0.05, 0.1) is 16.9 Å². The summed E-state index contributed by atoms with van der Waals surface area (Å²) in [5.41, 5.74) is 1.16. The molecule has 1 spiro atoms. The third-order valence-corrected chi connectivity index (χ3v) is 6.72. The maximum atomic E-state index is 13.3. The normalized spacial score (nSPS) is 18.9. The number of hydrogen-bond donors (Lipinski definition) is 1. The number of anilines is 3. The van der Waals surface area contributed by atoms with Gasteiger partial charge in [0, 0.05) is 18.7 Å². The Labute approximate surface area is 191 Å². The highest BCUT2D eigenvalue weighted by molar-refractivity contribution is 6.15. The minimum atomic E-state index is -0.951. The van der Waals surface area contributed by atoms with Crippen molar-refractivity contribution < 1.29 is 23.9 Å². The smallest absolute Gasteiger partial charge is 0.338 e. The molecule has 3 amide bonds. The summed E-state index contributed by atoms with van der Waals surface area (Å²) in [6.45, 7) is 0.142. The third-order valence-electron chi connectivity index (χ3n) is 6.72. The van der Waals surface area contributed by atoms with E-state index in [1.807, 2.05) is 6.07 Å². The van der Waals surface area contributed by atoms with Crippen LogP contribution < -0.4 is 15.1 Å². The van der Waals surface area contributed by atoms with Crippen molar-refractivity contribution in [3.05, 3.63) is 54.1 Å². The molecule has 5 rings (SSSR count). The van der Waals surface area contributed by atoms with Crippen LogP contribution in [-0.4, -0.2) is 42.4 Å². The fourth-order valence-electron chi connectivity index (χ4n) is 5.13. The molecule has 0 bridgehead atoms.